The minimum absolute atomic E-state index is 0.00457. The van der Waals surface area contributed by atoms with Crippen molar-refractivity contribution in [1.82, 2.24) is 0 Å². The first-order valence-electron chi connectivity index (χ1n) is 11.4. The highest BCUT2D eigenvalue weighted by molar-refractivity contribution is 5.07. The number of rotatable bonds is 2. The van der Waals surface area contributed by atoms with Crippen molar-refractivity contribution in [3.63, 3.8) is 0 Å². The minimum Gasteiger partial charge on any atom is -0.244 e. The molecule has 0 aromatic rings. The third kappa shape index (κ3) is 3.56. The maximum absolute atomic E-state index is 15.2. The van der Waals surface area contributed by atoms with Gasteiger partial charge in [-0.25, -0.2) is 17.6 Å². The minimum atomic E-state index is -3.04. The van der Waals surface area contributed by atoms with Gasteiger partial charge in [-0.2, -0.15) is 0 Å². The molecule has 4 saturated carbocycles. The molecule has 4 aliphatic rings. The summed E-state index contributed by atoms with van der Waals surface area (Å²) in [4.78, 5) is 0. The number of halogens is 4. The van der Waals surface area contributed by atoms with Gasteiger partial charge in [-0.15, -0.1) is 0 Å². The predicted octanol–water partition coefficient (Wildman–Crippen LogP) is 7.22. The van der Waals surface area contributed by atoms with Gasteiger partial charge in [0.1, 0.15) is 12.3 Å². The van der Waals surface area contributed by atoms with E-state index in [1.807, 2.05) is 0 Å². The molecule has 4 rings (SSSR count). The topological polar surface area (TPSA) is 0 Å². The molecular weight excluding hydrogens is 352 g/mol. The van der Waals surface area contributed by atoms with Crippen LogP contribution in [0.4, 0.5) is 17.6 Å². The Hall–Kier alpha value is -0.280. The quantitative estimate of drug-likeness (QED) is 0.438. The molecule has 27 heavy (non-hydrogen) atoms. The van der Waals surface area contributed by atoms with Gasteiger partial charge < -0.3 is 0 Å². The molecule has 0 nitrogen and oxygen atoms in total. The fourth-order valence-electron chi connectivity index (χ4n) is 7.31. The van der Waals surface area contributed by atoms with Crippen LogP contribution in [0.5, 0.6) is 0 Å². The van der Waals surface area contributed by atoms with Crippen LogP contribution in [0.3, 0.4) is 0 Å². The van der Waals surface area contributed by atoms with Crippen LogP contribution in [0, 0.1) is 47.3 Å². The van der Waals surface area contributed by atoms with E-state index in [1.54, 1.807) is 6.92 Å². The normalized spacial score (nSPS) is 53.1. The van der Waals surface area contributed by atoms with Crippen molar-refractivity contribution >= 4 is 0 Å². The largest absolute Gasteiger partial charge is 0.257 e. The van der Waals surface area contributed by atoms with Crippen LogP contribution in [0.25, 0.3) is 0 Å². The molecule has 0 spiro atoms. The summed E-state index contributed by atoms with van der Waals surface area (Å²) in [6.07, 6.45) is 6.21. The lowest BCUT2D eigenvalue weighted by molar-refractivity contribution is -0.146. The fraction of sp³-hybridized carbons (Fsp3) is 1.00. The Morgan fingerprint density at radius 3 is 1.74 bits per heavy atom. The molecule has 0 heterocycles. The van der Waals surface area contributed by atoms with E-state index in [-0.39, 0.29) is 11.8 Å². The summed E-state index contributed by atoms with van der Waals surface area (Å²) in [6.45, 7) is 4.00. The summed E-state index contributed by atoms with van der Waals surface area (Å²) in [7, 11) is 0. The lowest BCUT2D eigenvalue weighted by atomic mass is 9.67. The van der Waals surface area contributed by atoms with Gasteiger partial charge in [0.25, 0.3) is 5.92 Å². The van der Waals surface area contributed by atoms with Gasteiger partial charge in [-0.05, 0) is 86.9 Å². The average molecular weight is 389 g/mol. The van der Waals surface area contributed by atoms with Gasteiger partial charge in [0.15, 0.2) is 0 Å². The fourth-order valence-corrected chi connectivity index (χ4v) is 7.31. The number of hydrogen-bond donors (Lipinski definition) is 0. The van der Waals surface area contributed by atoms with Gasteiger partial charge >= 0.3 is 0 Å². The van der Waals surface area contributed by atoms with E-state index in [4.69, 9.17) is 0 Å². The van der Waals surface area contributed by atoms with Crippen molar-refractivity contribution in [2.75, 3.05) is 0 Å². The molecule has 0 radical (unpaired) electrons. The maximum atomic E-state index is 15.2. The third-order valence-electron chi connectivity index (χ3n) is 8.98. The van der Waals surface area contributed by atoms with Crippen LogP contribution in [0.15, 0.2) is 0 Å². The van der Waals surface area contributed by atoms with Crippen LogP contribution < -0.4 is 0 Å². The Kier molecular flexibility index (Phi) is 5.57. The van der Waals surface area contributed by atoms with Crippen molar-refractivity contribution in [1.29, 1.82) is 0 Å². The Morgan fingerprint density at radius 2 is 1.15 bits per heavy atom. The molecule has 4 heteroatoms. The predicted molar refractivity (Wildman–Crippen MR) is 100 cm³/mol. The van der Waals surface area contributed by atoms with E-state index >= 15 is 8.78 Å². The van der Waals surface area contributed by atoms with Gasteiger partial charge in [0, 0.05) is 5.92 Å². The van der Waals surface area contributed by atoms with Gasteiger partial charge in [-0.3, -0.25) is 0 Å². The molecule has 0 saturated heterocycles. The van der Waals surface area contributed by atoms with Crippen molar-refractivity contribution in [3.8, 4) is 0 Å². The Labute approximate surface area is 161 Å². The molecule has 0 aromatic carbocycles. The highest BCUT2D eigenvalue weighted by Crippen LogP contribution is 2.60. The van der Waals surface area contributed by atoms with Gasteiger partial charge in [-0.1, -0.05) is 26.7 Å². The highest BCUT2D eigenvalue weighted by Gasteiger charge is 2.65. The molecule has 0 bridgehead atoms. The third-order valence-corrected chi connectivity index (χ3v) is 8.98. The lowest BCUT2D eigenvalue weighted by Gasteiger charge is -2.41. The molecule has 6 atom stereocenters. The SMILES string of the molecule is CC1CCC(C2CCC(C3CC4CC(C)C(F)C(F)C4C3(F)F)CC2)CC1. The summed E-state index contributed by atoms with van der Waals surface area (Å²) >= 11 is 0. The second-order valence-corrected chi connectivity index (χ2v) is 10.6. The summed E-state index contributed by atoms with van der Waals surface area (Å²) in [5.41, 5.74) is 0. The number of alkyl halides is 4. The first-order chi connectivity index (χ1) is 12.8. The number of fused-ring (bicyclic) bond motifs is 1. The number of hydrogen-bond acceptors (Lipinski definition) is 0. The Bertz CT molecular complexity index is 505. The zero-order chi connectivity index (χ0) is 19.3. The first kappa shape index (κ1) is 20.0. The van der Waals surface area contributed by atoms with Crippen LogP contribution in [-0.2, 0) is 0 Å². The van der Waals surface area contributed by atoms with E-state index < -0.39 is 36.0 Å². The van der Waals surface area contributed by atoms with E-state index in [2.05, 4.69) is 6.92 Å². The highest BCUT2D eigenvalue weighted by atomic mass is 19.3. The summed E-state index contributed by atoms with van der Waals surface area (Å²) < 4.78 is 58.9. The first-order valence-corrected chi connectivity index (χ1v) is 11.4. The molecule has 0 aliphatic heterocycles. The second-order valence-electron chi connectivity index (χ2n) is 10.6. The zero-order valence-corrected chi connectivity index (χ0v) is 16.9. The lowest BCUT2D eigenvalue weighted by Crippen LogP contribution is -2.48. The molecule has 156 valence electrons. The Morgan fingerprint density at radius 1 is 0.630 bits per heavy atom. The maximum Gasteiger partial charge on any atom is 0.257 e. The average Bonchev–Trinajstić information content (AvgIpc) is 2.91. The zero-order valence-electron chi connectivity index (χ0n) is 16.9. The molecule has 4 fully saturated rings. The standard InChI is InChI=1S/C23H36F4/c1-13-3-5-15(6-4-13)16-7-9-17(10-8-16)19-12-18-11-14(2)21(24)22(25)20(18)23(19,26)27/h13-22H,3-12H2,1-2H3. The molecule has 6 unspecified atom stereocenters. The van der Waals surface area contributed by atoms with E-state index in [1.165, 1.54) is 25.7 Å². The smallest absolute Gasteiger partial charge is 0.244 e. The molecule has 0 amide bonds. The van der Waals surface area contributed by atoms with Crippen LogP contribution in [0.1, 0.15) is 78.1 Å². The van der Waals surface area contributed by atoms with E-state index in [0.717, 1.165) is 37.5 Å². The van der Waals surface area contributed by atoms with Crippen LogP contribution in [-0.4, -0.2) is 18.3 Å². The molecule has 0 N–H and O–H groups in total. The van der Waals surface area contributed by atoms with Crippen molar-refractivity contribution < 1.29 is 17.6 Å². The second kappa shape index (κ2) is 7.52. The van der Waals surface area contributed by atoms with Crippen molar-refractivity contribution in [2.45, 2.75) is 96.3 Å². The molecule has 4 aliphatic carbocycles. The van der Waals surface area contributed by atoms with E-state index in [9.17, 15) is 8.78 Å². The van der Waals surface area contributed by atoms with E-state index in [0.29, 0.717) is 18.8 Å². The molecule has 0 aromatic heterocycles. The van der Waals surface area contributed by atoms with Crippen LogP contribution >= 0.6 is 0 Å². The Balaban J connectivity index is 1.38. The van der Waals surface area contributed by atoms with Crippen LogP contribution in [0.2, 0.25) is 0 Å². The molecular formula is C23H36F4. The summed E-state index contributed by atoms with van der Waals surface area (Å²) in [6, 6.07) is 0. The van der Waals surface area contributed by atoms with Crippen molar-refractivity contribution in [2.24, 2.45) is 47.3 Å². The summed E-state index contributed by atoms with van der Waals surface area (Å²) in [5, 5.41) is 0. The van der Waals surface area contributed by atoms with Gasteiger partial charge in [0.05, 0.1) is 5.92 Å². The monoisotopic (exact) mass is 388 g/mol. The van der Waals surface area contributed by atoms with Gasteiger partial charge in [0.2, 0.25) is 0 Å². The summed E-state index contributed by atoms with van der Waals surface area (Å²) in [5.74, 6) is -3.57. The van der Waals surface area contributed by atoms with Crippen molar-refractivity contribution in [3.05, 3.63) is 0 Å².